The molecule has 2 aromatic rings. The Morgan fingerprint density at radius 1 is 0.927 bits per heavy atom. The molecule has 226 valence electrons. The third-order valence-corrected chi connectivity index (χ3v) is 8.71. The van der Waals surface area contributed by atoms with Crippen molar-refractivity contribution in [2.45, 2.75) is 74.4 Å². The molecule has 0 aromatic carbocycles. The molecule has 16 heteroatoms. The van der Waals surface area contributed by atoms with E-state index in [1.165, 1.54) is 24.4 Å². The van der Waals surface area contributed by atoms with Crippen LogP contribution in [0.15, 0.2) is 22.6 Å². The summed E-state index contributed by atoms with van der Waals surface area (Å²) in [5.41, 5.74) is 1.05. The van der Waals surface area contributed by atoms with Crippen LogP contribution in [0.25, 0.3) is 0 Å². The summed E-state index contributed by atoms with van der Waals surface area (Å²) in [5.74, 6) is 2.52. The van der Waals surface area contributed by atoms with Gasteiger partial charge in [-0.2, -0.15) is 23.5 Å². The van der Waals surface area contributed by atoms with Gasteiger partial charge < -0.3 is 40.3 Å². The van der Waals surface area contributed by atoms with E-state index in [1.807, 2.05) is 17.1 Å². The average molecular weight is 612 g/mol. The number of hydrogen-bond donors (Lipinski definition) is 6. The predicted molar refractivity (Wildman–Crippen MR) is 156 cm³/mol. The monoisotopic (exact) mass is 611 g/mol. The van der Waals surface area contributed by atoms with Crippen molar-refractivity contribution in [1.82, 2.24) is 19.1 Å². The Morgan fingerprint density at radius 3 is 2.44 bits per heavy atom. The molecule has 2 fully saturated rings. The van der Waals surface area contributed by atoms with Gasteiger partial charge in [-0.25, -0.2) is 15.0 Å². The van der Waals surface area contributed by atoms with Crippen LogP contribution >= 0.6 is 23.5 Å². The SMILES string of the molecule is CSC[C@H]1O[C@@H](n2cnc3c2N=CCCC3O)CC1O.CSC[C@H]1O[C@@H](n2cnc3c2NC=NCC3O)[C@@H](O)C1O. The number of nitrogens with one attached hydrogen (secondary N) is 1. The third-order valence-electron chi connectivity index (χ3n) is 7.39. The van der Waals surface area contributed by atoms with Crippen molar-refractivity contribution in [3.8, 4) is 0 Å². The van der Waals surface area contributed by atoms with Crippen molar-refractivity contribution in [1.29, 1.82) is 0 Å². The van der Waals surface area contributed by atoms with Crippen molar-refractivity contribution in [3.05, 3.63) is 24.0 Å². The first-order valence-electron chi connectivity index (χ1n) is 13.4. The van der Waals surface area contributed by atoms with E-state index in [0.29, 0.717) is 41.6 Å². The number of imidazole rings is 2. The van der Waals surface area contributed by atoms with Crippen molar-refractivity contribution in [3.63, 3.8) is 0 Å². The Balaban J connectivity index is 0.000000165. The Bertz CT molecular complexity index is 1230. The zero-order chi connectivity index (χ0) is 29.1. The zero-order valence-electron chi connectivity index (χ0n) is 22.8. The number of aromatic nitrogens is 4. The van der Waals surface area contributed by atoms with E-state index < -0.39 is 42.9 Å². The lowest BCUT2D eigenvalue weighted by molar-refractivity contribution is -0.0298. The lowest BCUT2D eigenvalue weighted by Gasteiger charge is -2.19. The van der Waals surface area contributed by atoms with Gasteiger partial charge >= 0.3 is 0 Å². The second-order valence-corrected chi connectivity index (χ2v) is 12.0. The summed E-state index contributed by atoms with van der Waals surface area (Å²) in [5, 5.41) is 53.2. The van der Waals surface area contributed by atoms with Crippen LogP contribution in [0.2, 0.25) is 0 Å². The van der Waals surface area contributed by atoms with Gasteiger partial charge in [0.2, 0.25) is 0 Å². The van der Waals surface area contributed by atoms with Gasteiger partial charge in [0.05, 0.1) is 43.8 Å². The molecule has 6 heterocycles. The van der Waals surface area contributed by atoms with Crippen molar-refractivity contribution in [2.24, 2.45) is 9.98 Å². The number of fused-ring (bicyclic) bond motifs is 2. The quantitative estimate of drug-likeness (QED) is 0.269. The molecule has 0 amide bonds. The fourth-order valence-electron chi connectivity index (χ4n) is 5.24. The van der Waals surface area contributed by atoms with Crippen LogP contribution in [0.3, 0.4) is 0 Å². The minimum atomic E-state index is -1.06. The van der Waals surface area contributed by atoms with E-state index in [1.54, 1.807) is 28.9 Å². The summed E-state index contributed by atoms with van der Waals surface area (Å²) < 4.78 is 15.1. The maximum absolute atomic E-state index is 10.2. The summed E-state index contributed by atoms with van der Waals surface area (Å²) in [4.78, 5) is 16.8. The molecule has 0 spiro atoms. The summed E-state index contributed by atoms with van der Waals surface area (Å²) in [7, 11) is 0. The fraction of sp³-hybridized carbons (Fsp3) is 0.680. The van der Waals surface area contributed by atoms with E-state index in [4.69, 9.17) is 9.47 Å². The molecule has 4 aliphatic rings. The molecular formula is C25H37N7O7S2. The van der Waals surface area contributed by atoms with Gasteiger partial charge in [-0.05, 0) is 25.4 Å². The number of hydrogen-bond acceptors (Lipinski definition) is 14. The van der Waals surface area contributed by atoms with Crippen LogP contribution in [0.1, 0.15) is 55.3 Å². The summed E-state index contributed by atoms with van der Waals surface area (Å²) >= 11 is 3.19. The molecule has 0 radical (unpaired) electrons. The van der Waals surface area contributed by atoms with Crippen LogP contribution in [0.4, 0.5) is 11.6 Å². The number of nitrogens with zero attached hydrogens (tertiary/aromatic N) is 6. The standard InChI is InChI=1S/C13H19N3O3S.C12H18N4O4S/c1-20-6-10-9(18)5-11(19-10)16-7-15-12-8(17)3-2-4-14-13(12)16;1-21-3-7-9(18)10(19)12(20-7)16-5-15-8-6(17)2-13-4-14-11(8)16/h4,7-11,17-18H,2-3,5-6H2,1H3;4-7,9-10,12,17-19H,2-3H2,1H3,(H,13,14)/t8?,9?,10-,11-;6?,7-,9?,10+,12-/m11/s1. The van der Waals surface area contributed by atoms with Crippen LogP contribution in [0, 0.1) is 0 Å². The highest BCUT2D eigenvalue weighted by Gasteiger charge is 2.44. The van der Waals surface area contributed by atoms with Gasteiger partial charge in [0.25, 0.3) is 0 Å². The van der Waals surface area contributed by atoms with E-state index in [0.717, 1.165) is 12.2 Å². The van der Waals surface area contributed by atoms with Crippen LogP contribution < -0.4 is 5.32 Å². The lowest BCUT2D eigenvalue weighted by atomic mass is 10.1. The molecule has 2 saturated heterocycles. The van der Waals surface area contributed by atoms with Gasteiger partial charge in [-0.1, -0.05) is 0 Å². The van der Waals surface area contributed by atoms with Gasteiger partial charge in [-0.15, -0.1) is 0 Å². The Morgan fingerprint density at radius 2 is 1.66 bits per heavy atom. The predicted octanol–water partition coefficient (Wildman–Crippen LogP) is 0.776. The summed E-state index contributed by atoms with van der Waals surface area (Å²) in [6.07, 6.45) is 6.74. The molecule has 6 N–H and O–H groups in total. The molecule has 14 nitrogen and oxygen atoms in total. The lowest BCUT2D eigenvalue weighted by Crippen LogP contribution is -2.32. The minimum absolute atomic E-state index is 0.160. The third kappa shape index (κ3) is 6.35. The number of ether oxygens (including phenoxy) is 2. The second kappa shape index (κ2) is 13.5. The largest absolute Gasteiger partial charge is 0.390 e. The van der Waals surface area contributed by atoms with Gasteiger partial charge in [-0.3, -0.25) is 14.1 Å². The maximum atomic E-state index is 10.2. The first kappa shape index (κ1) is 30.4. The number of aliphatic hydroxyl groups is 5. The smallest absolute Gasteiger partial charge is 0.165 e. The molecular weight excluding hydrogens is 574 g/mol. The first-order valence-corrected chi connectivity index (χ1v) is 16.2. The molecule has 0 aliphatic carbocycles. The number of rotatable bonds is 6. The molecule has 4 aliphatic heterocycles. The van der Waals surface area contributed by atoms with Crippen molar-refractivity contribution < 1.29 is 35.0 Å². The Hall–Kier alpha value is -2.02. The van der Waals surface area contributed by atoms with Crippen LogP contribution in [0.5, 0.6) is 0 Å². The van der Waals surface area contributed by atoms with E-state index >= 15 is 0 Å². The number of thioether (sulfide) groups is 2. The first-order chi connectivity index (χ1) is 19.8. The Kier molecular flexibility index (Phi) is 10.0. The normalized spacial score (nSPS) is 34.3. The number of aliphatic hydroxyl groups excluding tert-OH is 5. The zero-order valence-corrected chi connectivity index (χ0v) is 24.4. The highest BCUT2D eigenvalue weighted by atomic mass is 32.2. The van der Waals surface area contributed by atoms with Gasteiger partial charge in [0.15, 0.2) is 12.0 Å². The molecule has 6 rings (SSSR count). The maximum Gasteiger partial charge on any atom is 0.165 e. The molecule has 2 aromatic heterocycles. The van der Waals surface area contributed by atoms with Gasteiger partial charge in [0.1, 0.15) is 47.8 Å². The molecule has 9 atom stereocenters. The molecule has 4 unspecified atom stereocenters. The number of aliphatic imine (C=N–C) groups is 2. The fourth-order valence-corrected chi connectivity index (χ4v) is 6.47. The average Bonchev–Trinajstić information content (AvgIpc) is 3.67. The van der Waals surface area contributed by atoms with E-state index in [9.17, 15) is 25.5 Å². The topological polar surface area (TPSA) is 192 Å². The highest BCUT2D eigenvalue weighted by Crippen LogP contribution is 2.38. The summed E-state index contributed by atoms with van der Waals surface area (Å²) in [6, 6.07) is 0. The van der Waals surface area contributed by atoms with Gasteiger partial charge in [0, 0.05) is 24.1 Å². The Labute approximate surface area is 245 Å². The van der Waals surface area contributed by atoms with E-state index in [-0.39, 0.29) is 18.9 Å². The van der Waals surface area contributed by atoms with Crippen molar-refractivity contribution in [2.75, 3.05) is 35.9 Å². The molecule has 0 saturated carbocycles. The second-order valence-electron chi connectivity index (χ2n) is 10.2. The van der Waals surface area contributed by atoms with Crippen molar-refractivity contribution >= 4 is 47.7 Å². The summed E-state index contributed by atoms with van der Waals surface area (Å²) in [6.45, 7) is 0.225. The molecule has 41 heavy (non-hydrogen) atoms. The number of anilines is 1. The van der Waals surface area contributed by atoms with Crippen LogP contribution in [-0.4, -0.2) is 118 Å². The van der Waals surface area contributed by atoms with Crippen LogP contribution in [-0.2, 0) is 9.47 Å². The highest BCUT2D eigenvalue weighted by molar-refractivity contribution is 7.98. The minimum Gasteiger partial charge on any atom is -0.390 e. The molecule has 0 bridgehead atoms. The van der Waals surface area contributed by atoms with E-state index in [2.05, 4.69) is 25.3 Å².